The smallest absolute Gasteiger partial charge is 0.423 e. The molecule has 1 spiro atoms. The van der Waals surface area contributed by atoms with Gasteiger partial charge >= 0.3 is 7.12 Å². The van der Waals surface area contributed by atoms with E-state index >= 15 is 0 Å². The first-order valence-electron chi connectivity index (χ1n) is 23.3. The molecule has 4 heteroatoms. The molecule has 3 nitrogen and oxygen atoms in total. The maximum Gasteiger partial charge on any atom is 0.489 e. The molecule has 318 valence electrons. The van der Waals surface area contributed by atoms with E-state index in [4.69, 9.17) is 4.98 Å². The average molecular weight is 868 g/mol. The minimum absolute atomic E-state index is 0.419. The molecule has 14 rings (SSSR count). The van der Waals surface area contributed by atoms with E-state index in [-0.39, 0.29) is 0 Å². The zero-order valence-electron chi connectivity index (χ0n) is 37.0. The van der Waals surface area contributed by atoms with Crippen molar-refractivity contribution in [2.45, 2.75) is 5.41 Å². The highest BCUT2D eigenvalue weighted by Crippen LogP contribution is 2.64. The molecule has 1 heterocycles. The van der Waals surface area contributed by atoms with E-state index in [1.54, 1.807) is 0 Å². The Bertz CT molecular complexity index is 3800. The number of aromatic nitrogens is 1. The molecule has 2 N–H and O–H groups in total. The Morgan fingerprint density at radius 1 is 0.294 bits per heavy atom. The van der Waals surface area contributed by atoms with Gasteiger partial charge in [0.1, 0.15) is 0 Å². The third kappa shape index (κ3) is 5.78. The van der Waals surface area contributed by atoms with Crippen LogP contribution in [0.5, 0.6) is 0 Å². The van der Waals surface area contributed by atoms with E-state index < -0.39 is 12.5 Å². The van der Waals surface area contributed by atoms with Gasteiger partial charge in [0, 0.05) is 11.8 Å². The van der Waals surface area contributed by atoms with E-state index in [1.165, 1.54) is 82.7 Å². The van der Waals surface area contributed by atoms with Gasteiger partial charge in [0.2, 0.25) is 0 Å². The topological polar surface area (TPSA) is 53.4 Å². The van der Waals surface area contributed by atoms with E-state index in [0.717, 1.165) is 38.4 Å². The summed E-state index contributed by atoms with van der Waals surface area (Å²) in [5.41, 5.74) is 17.6. The maximum absolute atomic E-state index is 9.94. The number of hydrogen-bond acceptors (Lipinski definition) is 3. The van der Waals surface area contributed by atoms with Gasteiger partial charge in [-0.05, 0) is 121 Å². The van der Waals surface area contributed by atoms with Gasteiger partial charge in [-0.25, -0.2) is 0 Å². The Morgan fingerprint density at radius 3 is 1.15 bits per heavy atom. The summed E-state index contributed by atoms with van der Waals surface area (Å²) in [4.78, 5) is 5.18. The van der Waals surface area contributed by atoms with Crippen LogP contribution in [-0.2, 0) is 5.41 Å². The number of fused-ring (bicyclic) bond motifs is 14. The Balaban J connectivity index is 0.000000167. The van der Waals surface area contributed by atoms with Crippen LogP contribution in [0, 0.1) is 0 Å². The molecule has 11 aromatic carbocycles. The van der Waals surface area contributed by atoms with Crippen LogP contribution in [0.2, 0.25) is 0 Å². The largest absolute Gasteiger partial charge is 0.489 e. The van der Waals surface area contributed by atoms with Gasteiger partial charge < -0.3 is 10.0 Å². The molecule has 0 atom stereocenters. The van der Waals surface area contributed by atoms with Crippen LogP contribution in [0.4, 0.5) is 0 Å². The van der Waals surface area contributed by atoms with Crippen molar-refractivity contribution in [2.75, 3.05) is 0 Å². The molecule has 0 amide bonds. The maximum atomic E-state index is 9.94. The van der Waals surface area contributed by atoms with Gasteiger partial charge in [-0.2, -0.15) is 0 Å². The number of pyridine rings is 1. The van der Waals surface area contributed by atoms with Crippen LogP contribution in [0.1, 0.15) is 22.3 Å². The zero-order valence-corrected chi connectivity index (χ0v) is 37.0. The van der Waals surface area contributed by atoms with E-state index in [0.29, 0.717) is 5.46 Å². The number of rotatable bonds is 4. The predicted molar refractivity (Wildman–Crippen MR) is 283 cm³/mol. The summed E-state index contributed by atoms with van der Waals surface area (Å²) in [7, 11) is -1.50. The minimum Gasteiger partial charge on any atom is -0.423 e. The lowest BCUT2D eigenvalue weighted by Gasteiger charge is -2.30. The van der Waals surface area contributed by atoms with E-state index in [1.807, 2.05) is 72.9 Å². The summed E-state index contributed by atoms with van der Waals surface area (Å²) in [6.07, 6.45) is 1.96. The van der Waals surface area contributed by atoms with Crippen molar-refractivity contribution < 1.29 is 10.0 Å². The molecular weight excluding hydrogens is 826 g/mol. The molecule has 0 radical (unpaired) electrons. The van der Waals surface area contributed by atoms with E-state index in [2.05, 4.69) is 170 Å². The summed E-state index contributed by atoms with van der Waals surface area (Å²) < 4.78 is 0. The fourth-order valence-electron chi connectivity index (χ4n) is 11.9. The lowest BCUT2D eigenvalue weighted by Crippen LogP contribution is -2.31. The highest BCUT2D eigenvalue weighted by molar-refractivity contribution is 6.66. The van der Waals surface area contributed by atoms with Gasteiger partial charge in [0.05, 0.1) is 11.1 Å². The van der Waals surface area contributed by atoms with Crippen LogP contribution in [0.15, 0.2) is 243 Å². The van der Waals surface area contributed by atoms with Gasteiger partial charge in [-0.3, -0.25) is 4.98 Å². The molecule has 0 saturated heterocycles. The summed E-state index contributed by atoms with van der Waals surface area (Å²) in [5, 5.41) is 28.7. The molecular formula is C64H42BNO2. The van der Waals surface area contributed by atoms with Crippen LogP contribution in [0.25, 0.3) is 98.9 Å². The van der Waals surface area contributed by atoms with Crippen molar-refractivity contribution in [1.82, 2.24) is 4.98 Å². The first kappa shape index (κ1) is 39.9. The highest BCUT2D eigenvalue weighted by atomic mass is 16.4. The van der Waals surface area contributed by atoms with Crippen molar-refractivity contribution in [3.8, 4) is 55.8 Å². The van der Waals surface area contributed by atoms with Crippen molar-refractivity contribution in [3.05, 3.63) is 265 Å². The molecule has 0 aliphatic heterocycles. The third-order valence-corrected chi connectivity index (χ3v) is 14.4. The summed E-state index contributed by atoms with van der Waals surface area (Å²) in [6, 6.07) is 84.0. The fraction of sp³-hybridized carbons (Fsp3) is 0.0156. The number of hydrogen-bond donors (Lipinski definition) is 2. The summed E-state index contributed by atoms with van der Waals surface area (Å²) in [6.45, 7) is 0. The van der Waals surface area contributed by atoms with Gasteiger partial charge in [-0.15, -0.1) is 0 Å². The Labute approximate surface area is 395 Å². The lowest BCUT2D eigenvalue weighted by molar-refractivity contribution is 0.426. The van der Waals surface area contributed by atoms with Gasteiger partial charge in [-0.1, -0.05) is 231 Å². The Hall–Kier alpha value is -8.41. The zero-order chi connectivity index (χ0) is 45.3. The third-order valence-electron chi connectivity index (χ3n) is 14.4. The molecule has 2 aliphatic rings. The normalized spacial score (nSPS) is 12.7. The summed E-state index contributed by atoms with van der Waals surface area (Å²) >= 11 is 0. The average Bonchev–Trinajstić information content (AvgIpc) is 3.88. The SMILES string of the molecule is OB(O)c1c2ccccc2c(-c2ccccc2)c2ccccc12.c1ccc(-c2c3ccccc3c(-c3cccc4c3-c3ncccc3C43c4ccccc4-c4ccccc43)c3ccccc23)cc1. The molecule has 0 unspecified atom stereocenters. The minimum atomic E-state index is -1.50. The number of nitrogens with zero attached hydrogens (tertiary/aromatic N) is 1. The van der Waals surface area contributed by atoms with Crippen molar-refractivity contribution in [3.63, 3.8) is 0 Å². The molecule has 2 aliphatic carbocycles. The second-order valence-corrected chi connectivity index (χ2v) is 17.8. The van der Waals surface area contributed by atoms with Crippen molar-refractivity contribution >= 4 is 55.7 Å². The second-order valence-electron chi connectivity index (χ2n) is 17.8. The molecule has 0 fully saturated rings. The predicted octanol–water partition coefficient (Wildman–Crippen LogP) is 14.4. The molecule has 1 aromatic heterocycles. The lowest BCUT2D eigenvalue weighted by atomic mass is 9.70. The molecule has 0 saturated carbocycles. The monoisotopic (exact) mass is 867 g/mol. The van der Waals surface area contributed by atoms with Crippen molar-refractivity contribution in [2.24, 2.45) is 0 Å². The molecule has 12 aromatic rings. The standard InChI is InChI=1S/C44H27N.C20H15BO2/c1-2-14-28(15-3-1)40-31-18-4-6-20-33(31)41(34-21-7-5-19-32(34)40)35-22-12-25-38-42(35)43-39(26-13-27-45-43)44(38)36-23-10-8-16-29(36)30-17-9-11-24-37(30)44;22-21(23)20-17-12-6-4-10-15(17)19(14-8-2-1-3-9-14)16-11-5-7-13-18(16)20/h1-27H;1-13,22-23H. The van der Waals surface area contributed by atoms with Gasteiger partial charge in [0.25, 0.3) is 0 Å². The van der Waals surface area contributed by atoms with Crippen LogP contribution < -0.4 is 5.46 Å². The molecule has 0 bridgehead atoms. The van der Waals surface area contributed by atoms with E-state index in [9.17, 15) is 10.0 Å². The van der Waals surface area contributed by atoms with Crippen LogP contribution in [0.3, 0.4) is 0 Å². The first-order chi connectivity index (χ1) is 33.6. The quantitative estimate of drug-likeness (QED) is 0.137. The Kier molecular flexibility index (Phi) is 9.33. The summed E-state index contributed by atoms with van der Waals surface area (Å²) in [5.74, 6) is 0. The first-order valence-corrected chi connectivity index (χ1v) is 23.3. The van der Waals surface area contributed by atoms with Crippen LogP contribution >= 0.6 is 0 Å². The van der Waals surface area contributed by atoms with Gasteiger partial charge in [0.15, 0.2) is 0 Å². The fourth-order valence-corrected chi connectivity index (χ4v) is 11.9. The molecule has 68 heavy (non-hydrogen) atoms. The highest BCUT2D eigenvalue weighted by Gasteiger charge is 2.52. The second kappa shape index (κ2) is 15.9. The Morgan fingerprint density at radius 2 is 0.662 bits per heavy atom. The van der Waals surface area contributed by atoms with Crippen LogP contribution in [-0.4, -0.2) is 22.2 Å². The van der Waals surface area contributed by atoms with Crippen molar-refractivity contribution in [1.29, 1.82) is 0 Å². The number of benzene rings is 11.